The molecule has 1 amide bonds. The van der Waals surface area contributed by atoms with Crippen molar-refractivity contribution in [3.63, 3.8) is 0 Å². The lowest BCUT2D eigenvalue weighted by atomic mass is 9.97. The van der Waals surface area contributed by atoms with E-state index < -0.39 is 24.0 Å². The quantitative estimate of drug-likeness (QED) is 0.0682. The number of anilines is 1. The van der Waals surface area contributed by atoms with Crippen LogP contribution in [0.5, 0.6) is 5.75 Å². The van der Waals surface area contributed by atoms with E-state index in [2.05, 4.69) is 22.4 Å². The Hall–Kier alpha value is -4.70. The molecule has 254 valence electrons. The maximum atomic E-state index is 12.3. The molecule has 12 nitrogen and oxygen atoms in total. The summed E-state index contributed by atoms with van der Waals surface area (Å²) < 4.78 is 10.9. The standard InChI is InChI=1S/C34H35ClN8O4S2/c1-20(41-31(44)28(39)4-2-3-13-36)34(45)47-15-14-46-25-11-7-21(8-12-25)29-26(16-37)30(40)43-33(27(29)17-38)49-19-24-18-48-32(42-24)22-5-9-23(35)10-6-22/h5-12,18,20,28H,2-4,13-15,19,36,39H2,1H3,(H2,40,43)(H,41,44)/t20-,28-/m0/s1. The predicted octanol–water partition coefficient (Wildman–Crippen LogP) is 5.03. The minimum absolute atomic E-state index is 0.0141. The van der Waals surface area contributed by atoms with Gasteiger partial charge in [-0.2, -0.15) is 10.5 Å². The van der Waals surface area contributed by atoms with Crippen LogP contribution in [0.4, 0.5) is 5.82 Å². The van der Waals surface area contributed by atoms with Crippen molar-refractivity contribution in [1.82, 2.24) is 15.3 Å². The average molecular weight is 719 g/mol. The summed E-state index contributed by atoms with van der Waals surface area (Å²) in [6.45, 7) is 2.04. The summed E-state index contributed by atoms with van der Waals surface area (Å²) >= 11 is 8.81. The van der Waals surface area contributed by atoms with E-state index in [9.17, 15) is 20.1 Å². The van der Waals surface area contributed by atoms with Crippen molar-refractivity contribution in [3.8, 4) is 39.6 Å². The molecule has 2 aromatic heterocycles. The topological polar surface area (TPSA) is 216 Å². The van der Waals surface area contributed by atoms with Gasteiger partial charge in [-0.05, 0) is 56.1 Å². The molecular weight excluding hydrogens is 684 g/mol. The maximum absolute atomic E-state index is 12.3. The van der Waals surface area contributed by atoms with Crippen LogP contribution in [0.25, 0.3) is 21.7 Å². The third kappa shape index (κ3) is 10.2. The highest BCUT2D eigenvalue weighted by molar-refractivity contribution is 7.98. The molecule has 0 radical (unpaired) electrons. The van der Waals surface area contributed by atoms with Crippen molar-refractivity contribution >= 4 is 52.4 Å². The summed E-state index contributed by atoms with van der Waals surface area (Å²) in [5, 5.41) is 26.4. The molecule has 0 aliphatic carbocycles. The van der Waals surface area contributed by atoms with Crippen LogP contribution in [0.15, 0.2) is 58.9 Å². The number of thiazole rings is 1. The number of rotatable bonds is 16. The van der Waals surface area contributed by atoms with Crippen LogP contribution in [0, 0.1) is 22.7 Å². The van der Waals surface area contributed by atoms with Gasteiger partial charge in [-0.25, -0.2) is 14.8 Å². The van der Waals surface area contributed by atoms with Gasteiger partial charge < -0.3 is 32.0 Å². The number of halogens is 1. The number of carbonyl (C=O) groups is 2. The first-order valence-corrected chi connectivity index (χ1v) is 17.5. The Bertz CT molecular complexity index is 1840. The summed E-state index contributed by atoms with van der Waals surface area (Å²) in [4.78, 5) is 33.6. The van der Waals surface area contributed by atoms with Crippen LogP contribution in [0.1, 0.15) is 43.0 Å². The van der Waals surface area contributed by atoms with Gasteiger partial charge in [0.25, 0.3) is 0 Å². The molecule has 0 unspecified atom stereocenters. The van der Waals surface area contributed by atoms with E-state index in [4.69, 9.17) is 43.3 Å². The van der Waals surface area contributed by atoms with Crippen LogP contribution in [-0.2, 0) is 20.1 Å². The number of aromatic nitrogens is 2. The molecular formula is C34H35ClN8O4S2. The first-order valence-electron chi connectivity index (χ1n) is 15.3. The summed E-state index contributed by atoms with van der Waals surface area (Å²) in [7, 11) is 0. The zero-order chi connectivity index (χ0) is 35.3. The maximum Gasteiger partial charge on any atom is 0.328 e. The molecule has 7 N–H and O–H groups in total. The smallest absolute Gasteiger partial charge is 0.328 e. The van der Waals surface area contributed by atoms with Gasteiger partial charge >= 0.3 is 5.97 Å². The molecule has 15 heteroatoms. The normalized spacial score (nSPS) is 12.0. The minimum atomic E-state index is -0.875. The highest BCUT2D eigenvalue weighted by Crippen LogP contribution is 2.37. The largest absolute Gasteiger partial charge is 0.490 e. The Balaban J connectivity index is 1.36. The second kappa shape index (κ2) is 18.2. The number of thioether (sulfide) groups is 1. The summed E-state index contributed by atoms with van der Waals surface area (Å²) in [6, 6.07) is 16.9. The molecule has 4 rings (SSSR count). The Labute approximate surface area is 297 Å². The molecule has 0 aliphatic heterocycles. The fraction of sp³-hybridized carbons (Fsp3) is 0.294. The molecule has 0 spiro atoms. The van der Waals surface area contributed by atoms with Crippen LogP contribution >= 0.6 is 34.7 Å². The van der Waals surface area contributed by atoms with E-state index in [0.717, 1.165) is 29.1 Å². The number of unbranched alkanes of at least 4 members (excludes halogenated alkanes) is 1. The molecule has 0 saturated heterocycles. The van der Waals surface area contributed by atoms with Gasteiger partial charge in [-0.1, -0.05) is 54.0 Å². The average Bonchev–Trinajstić information content (AvgIpc) is 3.58. The second-order valence-corrected chi connectivity index (χ2v) is 13.0. The van der Waals surface area contributed by atoms with E-state index in [0.29, 0.717) is 45.6 Å². The molecule has 0 saturated carbocycles. The SMILES string of the molecule is C[C@H](NC(=O)[C@@H](N)CCCCN)C(=O)OCCOc1ccc(-c2c(C#N)c(N)nc(SCc3csc(-c4ccc(Cl)cc4)n3)c2C#N)cc1. The molecule has 2 heterocycles. The van der Waals surface area contributed by atoms with E-state index >= 15 is 0 Å². The van der Waals surface area contributed by atoms with E-state index in [1.54, 1.807) is 24.3 Å². The number of carbonyl (C=O) groups excluding carboxylic acids is 2. The highest BCUT2D eigenvalue weighted by atomic mass is 35.5. The number of amides is 1. The molecule has 0 bridgehead atoms. The van der Waals surface area contributed by atoms with Crippen molar-refractivity contribution in [3.05, 3.63) is 75.8 Å². The number of nitrogens with two attached hydrogens (primary N) is 3. The minimum Gasteiger partial charge on any atom is -0.490 e. The third-order valence-electron chi connectivity index (χ3n) is 7.17. The Morgan fingerprint density at radius 1 is 1.02 bits per heavy atom. The Kier molecular flexibility index (Phi) is 13.8. The molecule has 49 heavy (non-hydrogen) atoms. The van der Waals surface area contributed by atoms with Crippen LogP contribution in [0.2, 0.25) is 5.02 Å². The van der Waals surface area contributed by atoms with Gasteiger partial charge in [0.1, 0.15) is 58.6 Å². The van der Waals surface area contributed by atoms with Gasteiger partial charge in [0.05, 0.1) is 17.3 Å². The number of ether oxygens (including phenoxy) is 2. The zero-order valence-electron chi connectivity index (χ0n) is 26.6. The summed E-state index contributed by atoms with van der Waals surface area (Å²) in [6.07, 6.45) is 1.96. The Morgan fingerprint density at radius 3 is 2.39 bits per heavy atom. The lowest BCUT2D eigenvalue weighted by molar-refractivity contribution is -0.148. The molecule has 2 atom stereocenters. The lowest BCUT2D eigenvalue weighted by Gasteiger charge is -2.17. The predicted molar refractivity (Wildman–Crippen MR) is 191 cm³/mol. The first-order chi connectivity index (χ1) is 23.6. The lowest BCUT2D eigenvalue weighted by Crippen LogP contribution is -2.47. The highest BCUT2D eigenvalue weighted by Gasteiger charge is 2.22. The number of hydrogen-bond acceptors (Lipinski definition) is 13. The van der Waals surface area contributed by atoms with Gasteiger partial charge in [0.15, 0.2) is 0 Å². The summed E-state index contributed by atoms with van der Waals surface area (Å²) in [5.74, 6) is -0.127. The monoisotopic (exact) mass is 718 g/mol. The number of nitrogens with zero attached hydrogens (tertiary/aromatic N) is 4. The van der Waals surface area contributed by atoms with Gasteiger partial charge in [0.2, 0.25) is 5.91 Å². The van der Waals surface area contributed by atoms with Crippen LogP contribution in [-0.4, -0.2) is 53.7 Å². The molecule has 0 aliphatic rings. The zero-order valence-corrected chi connectivity index (χ0v) is 29.0. The summed E-state index contributed by atoms with van der Waals surface area (Å²) in [5.41, 5.74) is 20.6. The van der Waals surface area contributed by atoms with E-state index in [-0.39, 0.29) is 30.2 Å². The third-order valence-corrected chi connectivity index (χ3v) is 9.37. The number of nitrogen functional groups attached to an aromatic ring is 1. The van der Waals surface area contributed by atoms with Crippen LogP contribution in [0.3, 0.4) is 0 Å². The fourth-order valence-corrected chi connectivity index (χ4v) is 6.54. The van der Waals surface area contributed by atoms with E-state index in [1.807, 2.05) is 29.6 Å². The van der Waals surface area contributed by atoms with Crippen molar-refractivity contribution in [2.75, 3.05) is 25.5 Å². The fourth-order valence-electron chi connectivity index (χ4n) is 4.60. The van der Waals surface area contributed by atoms with Crippen molar-refractivity contribution in [2.24, 2.45) is 11.5 Å². The molecule has 0 fully saturated rings. The second-order valence-electron chi connectivity index (χ2n) is 10.8. The number of pyridine rings is 1. The number of nitriles is 2. The Morgan fingerprint density at radius 2 is 1.71 bits per heavy atom. The van der Waals surface area contributed by atoms with Crippen molar-refractivity contribution in [2.45, 2.75) is 49.0 Å². The molecule has 4 aromatic rings. The van der Waals surface area contributed by atoms with E-state index in [1.165, 1.54) is 30.0 Å². The van der Waals surface area contributed by atoms with Gasteiger partial charge in [0, 0.05) is 27.3 Å². The number of esters is 1. The number of hydrogen-bond donors (Lipinski definition) is 4. The van der Waals surface area contributed by atoms with Crippen molar-refractivity contribution < 1.29 is 19.1 Å². The molecule has 2 aromatic carbocycles. The van der Waals surface area contributed by atoms with Crippen LogP contribution < -0.4 is 27.3 Å². The first kappa shape index (κ1) is 37.1. The number of nitrogens with one attached hydrogen (secondary N) is 1. The number of benzene rings is 2. The van der Waals surface area contributed by atoms with Crippen molar-refractivity contribution in [1.29, 1.82) is 10.5 Å². The van der Waals surface area contributed by atoms with Gasteiger partial charge in [-0.15, -0.1) is 11.3 Å². The van der Waals surface area contributed by atoms with Gasteiger partial charge in [-0.3, -0.25) is 4.79 Å².